The standard InChI is InChI=1S/C21H23FN4/c1-15-4-2-7-20(15)23-19-6-3-5-17(12-19)21-14-26(25-24-21)13-16-8-10-18(22)11-9-16/h3,5-6,8-12,14-15,20,23H,2,4,7,13H2,1H3. The van der Waals surface area contributed by atoms with Gasteiger partial charge >= 0.3 is 0 Å². The molecule has 0 saturated heterocycles. The molecule has 3 aromatic rings. The van der Waals surface area contributed by atoms with Crippen LogP contribution in [-0.4, -0.2) is 21.0 Å². The molecule has 134 valence electrons. The number of hydrogen-bond donors (Lipinski definition) is 1. The van der Waals surface area contributed by atoms with Crippen molar-refractivity contribution in [3.05, 3.63) is 66.1 Å². The zero-order chi connectivity index (χ0) is 17.9. The first-order valence-electron chi connectivity index (χ1n) is 9.19. The molecule has 1 fully saturated rings. The summed E-state index contributed by atoms with van der Waals surface area (Å²) in [6.07, 6.45) is 5.77. The molecule has 0 bridgehead atoms. The highest BCUT2D eigenvalue weighted by atomic mass is 19.1. The van der Waals surface area contributed by atoms with Crippen LogP contribution in [0.4, 0.5) is 10.1 Å². The van der Waals surface area contributed by atoms with Gasteiger partial charge < -0.3 is 5.32 Å². The highest BCUT2D eigenvalue weighted by molar-refractivity contribution is 5.64. The van der Waals surface area contributed by atoms with Crippen LogP contribution in [0.15, 0.2) is 54.7 Å². The molecule has 4 rings (SSSR count). The van der Waals surface area contributed by atoms with E-state index in [0.717, 1.165) is 28.4 Å². The first-order chi connectivity index (χ1) is 12.7. The number of rotatable bonds is 5. The van der Waals surface area contributed by atoms with Gasteiger partial charge in [-0.25, -0.2) is 9.07 Å². The second kappa shape index (κ2) is 7.28. The number of nitrogens with zero attached hydrogens (tertiary/aromatic N) is 3. The van der Waals surface area contributed by atoms with Gasteiger partial charge in [-0.1, -0.05) is 42.8 Å². The van der Waals surface area contributed by atoms with Gasteiger partial charge in [-0.05, 0) is 48.6 Å². The van der Waals surface area contributed by atoms with Gasteiger partial charge in [-0.3, -0.25) is 0 Å². The molecule has 26 heavy (non-hydrogen) atoms. The van der Waals surface area contributed by atoms with Gasteiger partial charge in [-0.2, -0.15) is 0 Å². The first-order valence-corrected chi connectivity index (χ1v) is 9.19. The normalized spacial score (nSPS) is 19.6. The van der Waals surface area contributed by atoms with Crippen LogP contribution in [0.1, 0.15) is 31.7 Å². The van der Waals surface area contributed by atoms with Gasteiger partial charge in [0.1, 0.15) is 11.5 Å². The largest absolute Gasteiger partial charge is 0.382 e. The van der Waals surface area contributed by atoms with E-state index >= 15 is 0 Å². The lowest BCUT2D eigenvalue weighted by molar-refractivity contribution is 0.556. The molecule has 0 spiro atoms. The summed E-state index contributed by atoms with van der Waals surface area (Å²) in [5.41, 5.74) is 4.02. The predicted molar refractivity (Wildman–Crippen MR) is 101 cm³/mol. The molecule has 1 heterocycles. The van der Waals surface area contributed by atoms with E-state index in [-0.39, 0.29) is 5.82 Å². The predicted octanol–water partition coefficient (Wildman–Crippen LogP) is 4.73. The van der Waals surface area contributed by atoms with E-state index in [0.29, 0.717) is 12.6 Å². The Bertz CT molecular complexity index is 872. The monoisotopic (exact) mass is 350 g/mol. The lowest BCUT2D eigenvalue weighted by Gasteiger charge is -2.19. The summed E-state index contributed by atoms with van der Waals surface area (Å²) in [7, 11) is 0. The van der Waals surface area contributed by atoms with E-state index in [9.17, 15) is 4.39 Å². The molecule has 0 aliphatic heterocycles. The van der Waals surface area contributed by atoms with Crippen molar-refractivity contribution >= 4 is 5.69 Å². The Labute approximate surface area is 153 Å². The number of anilines is 1. The van der Waals surface area contributed by atoms with Crippen LogP contribution in [0.3, 0.4) is 0 Å². The van der Waals surface area contributed by atoms with Crippen molar-refractivity contribution in [3.63, 3.8) is 0 Å². The summed E-state index contributed by atoms with van der Waals surface area (Å²) < 4.78 is 14.8. The fourth-order valence-corrected chi connectivity index (χ4v) is 3.63. The Hall–Kier alpha value is -2.69. The first kappa shape index (κ1) is 16.8. The highest BCUT2D eigenvalue weighted by Gasteiger charge is 2.22. The van der Waals surface area contributed by atoms with Crippen molar-refractivity contribution in [2.24, 2.45) is 5.92 Å². The smallest absolute Gasteiger partial charge is 0.123 e. The van der Waals surface area contributed by atoms with Crippen molar-refractivity contribution in [3.8, 4) is 11.3 Å². The second-order valence-electron chi connectivity index (χ2n) is 7.17. The Morgan fingerprint density at radius 3 is 2.77 bits per heavy atom. The summed E-state index contributed by atoms with van der Waals surface area (Å²) in [5, 5.41) is 12.2. The zero-order valence-corrected chi connectivity index (χ0v) is 14.9. The maximum atomic E-state index is 13.0. The third kappa shape index (κ3) is 3.77. The van der Waals surface area contributed by atoms with E-state index in [2.05, 4.69) is 46.8 Å². The molecule has 1 aromatic heterocycles. The van der Waals surface area contributed by atoms with Crippen LogP contribution in [0.2, 0.25) is 0 Å². The minimum absolute atomic E-state index is 0.228. The van der Waals surface area contributed by atoms with E-state index in [4.69, 9.17) is 0 Å². The summed E-state index contributed by atoms with van der Waals surface area (Å²) >= 11 is 0. The summed E-state index contributed by atoms with van der Waals surface area (Å²) in [6, 6.07) is 15.4. The van der Waals surface area contributed by atoms with Crippen LogP contribution >= 0.6 is 0 Å². The average molecular weight is 350 g/mol. The highest BCUT2D eigenvalue weighted by Crippen LogP contribution is 2.29. The molecule has 1 aliphatic carbocycles. The van der Waals surface area contributed by atoms with Crippen molar-refractivity contribution in [1.82, 2.24) is 15.0 Å². The molecule has 1 N–H and O–H groups in total. The van der Waals surface area contributed by atoms with Gasteiger partial charge in [0.2, 0.25) is 0 Å². The molecular formula is C21H23FN4. The van der Waals surface area contributed by atoms with Crippen molar-refractivity contribution < 1.29 is 4.39 Å². The van der Waals surface area contributed by atoms with Crippen LogP contribution in [0, 0.1) is 11.7 Å². The van der Waals surface area contributed by atoms with Gasteiger partial charge in [0, 0.05) is 17.3 Å². The molecular weight excluding hydrogens is 327 g/mol. The molecule has 1 saturated carbocycles. The van der Waals surface area contributed by atoms with Crippen molar-refractivity contribution in [2.45, 2.75) is 38.8 Å². The van der Waals surface area contributed by atoms with Crippen molar-refractivity contribution in [1.29, 1.82) is 0 Å². The van der Waals surface area contributed by atoms with Crippen LogP contribution in [0.5, 0.6) is 0 Å². The maximum absolute atomic E-state index is 13.0. The Kier molecular flexibility index (Phi) is 4.69. The molecule has 2 aromatic carbocycles. The van der Waals surface area contributed by atoms with E-state index in [1.54, 1.807) is 16.8 Å². The lowest BCUT2D eigenvalue weighted by atomic mass is 10.1. The van der Waals surface area contributed by atoms with E-state index in [1.165, 1.54) is 31.4 Å². The Balaban J connectivity index is 1.48. The van der Waals surface area contributed by atoms with Crippen LogP contribution in [-0.2, 0) is 6.54 Å². The lowest BCUT2D eigenvalue weighted by Crippen LogP contribution is -2.21. The Morgan fingerprint density at radius 1 is 1.15 bits per heavy atom. The number of hydrogen-bond acceptors (Lipinski definition) is 3. The van der Waals surface area contributed by atoms with Crippen LogP contribution < -0.4 is 5.32 Å². The summed E-state index contributed by atoms with van der Waals surface area (Å²) in [6.45, 7) is 2.89. The number of benzene rings is 2. The second-order valence-corrected chi connectivity index (χ2v) is 7.17. The summed E-state index contributed by atoms with van der Waals surface area (Å²) in [5.74, 6) is 0.490. The number of aromatic nitrogens is 3. The molecule has 2 unspecified atom stereocenters. The topological polar surface area (TPSA) is 42.7 Å². The minimum atomic E-state index is -0.228. The van der Waals surface area contributed by atoms with E-state index in [1.807, 2.05) is 6.20 Å². The Morgan fingerprint density at radius 2 is 2.00 bits per heavy atom. The average Bonchev–Trinajstić information content (AvgIpc) is 3.27. The summed E-state index contributed by atoms with van der Waals surface area (Å²) in [4.78, 5) is 0. The van der Waals surface area contributed by atoms with E-state index < -0.39 is 0 Å². The molecule has 0 amide bonds. The van der Waals surface area contributed by atoms with Gasteiger partial charge in [-0.15, -0.1) is 5.10 Å². The third-order valence-corrected chi connectivity index (χ3v) is 5.17. The van der Waals surface area contributed by atoms with Gasteiger partial charge in [0.05, 0.1) is 12.7 Å². The fraction of sp³-hybridized carbons (Fsp3) is 0.333. The van der Waals surface area contributed by atoms with Gasteiger partial charge in [0.25, 0.3) is 0 Å². The molecule has 0 radical (unpaired) electrons. The third-order valence-electron chi connectivity index (χ3n) is 5.17. The molecule has 5 heteroatoms. The van der Waals surface area contributed by atoms with Crippen LogP contribution in [0.25, 0.3) is 11.3 Å². The molecule has 1 aliphatic rings. The molecule has 4 nitrogen and oxygen atoms in total. The molecule has 2 atom stereocenters. The SMILES string of the molecule is CC1CCCC1Nc1cccc(-c2cn(Cc3ccc(F)cc3)nn2)c1. The van der Waals surface area contributed by atoms with Gasteiger partial charge in [0.15, 0.2) is 0 Å². The van der Waals surface area contributed by atoms with Crippen molar-refractivity contribution in [2.75, 3.05) is 5.32 Å². The fourth-order valence-electron chi connectivity index (χ4n) is 3.63. The number of nitrogens with one attached hydrogen (secondary N) is 1. The number of halogens is 1. The quantitative estimate of drug-likeness (QED) is 0.723. The zero-order valence-electron chi connectivity index (χ0n) is 14.9. The maximum Gasteiger partial charge on any atom is 0.123 e. The minimum Gasteiger partial charge on any atom is -0.382 e.